The number of likely N-dealkylation sites (N-methyl/N-ethyl adjacent to an activating group) is 1. The SMILES string of the molecule is CCCCCCCCCCCCCCCC(=O)OCC(COP(=O)([O-])OCC[N+](C)(C)C)OC(=O)CCCCCCCCCCCCCCCOc1ccccc1. The number of quaternary nitrogens is 1. The summed E-state index contributed by atoms with van der Waals surface area (Å²) in [5.41, 5.74) is 0. The van der Waals surface area contributed by atoms with E-state index in [1.807, 2.05) is 51.5 Å². The summed E-state index contributed by atoms with van der Waals surface area (Å²) in [7, 11) is 1.16. The number of phosphoric ester groups is 1. The van der Waals surface area contributed by atoms with Gasteiger partial charge in [0.1, 0.15) is 25.5 Å². The average molecular weight is 826 g/mol. The summed E-state index contributed by atoms with van der Waals surface area (Å²) in [5.74, 6) is 0.113. The van der Waals surface area contributed by atoms with E-state index in [4.69, 9.17) is 23.3 Å². The Morgan fingerprint density at radius 1 is 0.579 bits per heavy atom. The highest BCUT2D eigenvalue weighted by Gasteiger charge is 2.21. The minimum absolute atomic E-state index is 0.0322. The quantitative estimate of drug-likeness (QED) is 0.0275. The number of nitrogens with zero attached hydrogens (tertiary/aromatic N) is 1. The Labute approximate surface area is 348 Å². The zero-order valence-electron chi connectivity index (χ0n) is 36.9. The second-order valence-electron chi connectivity index (χ2n) is 16.9. The van der Waals surface area contributed by atoms with Crippen molar-refractivity contribution in [1.82, 2.24) is 0 Å². The number of benzene rings is 1. The minimum atomic E-state index is -4.63. The fourth-order valence-corrected chi connectivity index (χ4v) is 7.30. The smallest absolute Gasteiger partial charge is 0.306 e. The molecule has 2 atom stereocenters. The molecule has 0 N–H and O–H groups in total. The van der Waals surface area contributed by atoms with Gasteiger partial charge in [0.2, 0.25) is 0 Å². The predicted molar refractivity (Wildman–Crippen MR) is 230 cm³/mol. The first kappa shape index (κ1) is 53.0. The van der Waals surface area contributed by atoms with Crippen molar-refractivity contribution in [3.8, 4) is 5.75 Å². The average Bonchev–Trinajstić information content (AvgIpc) is 3.17. The van der Waals surface area contributed by atoms with Crippen LogP contribution < -0.4 is 9.63 Å². The number of ether oxygens (including phenoxy) is 3. The molecule has 11 heteroatoms. The van der Waals surface area contributed by atoms with E-state index in [-0.39, 0.29) is 32.0 Å². The van der Waals surface area contributed by atoms with Crippen molar-refractivity contribution in [3.63, 3.8) is 0 Å². The van der Waals surface area contributed by atoms with Crippen LogP contribution in [0.2, 0.25) is 0 Å². The number of rotatable bonds is 41. The molecule has 332 valence electrons. The second kappa shape index (κ2) is 35.9. The fourth-order valence-electron chi connectivity index (χ4n) is 6.57. The number of unbranched alkanes of at least 4 members (excludes halogenated alkanes) is 24. The summed E-state index contributed by atoms with van der Waals surface area (Å²) in [6.45, 7) is 2.75. The third-order valence-electron chi connectivity index (χ3n) is 10.2. The molecule has 0 saturated heterocycles. The van der Waals surface area contributed by atoms with Crippen molar-refractivity contribution in [1.29, 1.82) is 0 Å². The van der Waals surface area contributed by atoms with Crippen LogP contribution in [-0.2, 0) is 32.7 Å². The van der Waals surface area contributed by atoms with Crippen LogP contribution in [0.25, 0.3) is 0 Å². The van der Waals surface area contributed by atoms with Gasteiger partial charge in [0.15, 0.2) is 6.10 Å². The van der Waals surface area contributed by atoms with Crippen molar-refractivity contribution in [3.05, 3.63) is 30.3 Å². The number of hydrogen-bond acceptors (Lipinski definition) is 9. The molecule has 10 nitrogen and oxygen atoms in total. The van der Waals surface area contributed by atoms with Crippen molar-refractivity contribution in [2.45, 2.75) is 193 Å². The molecule has 0 spiro atoms. The van der Waals surface area contributed by atoms with Gasteiger partial charge in [-0.15, -0.1) is 0 Å². The molecule has 0 bridgehead atoms. The normalized spacial score (nSPS) is 13.3. The molecule has 1 aromatic carbocycles. The van der Waals surface area contributed by atoms with Crippen LogP contribution >= 0.6 is 7.82 Å². The number of phosphoric acid groups is 1. The maximum Gasteiger partial charge on any atom is 0.306 e. The van der Waals surface area contributed by atoms with E-state index in [1.54, 1.807) is 0 Å². The van der Waals surface area contributed by atoms with Crippen LogP contribution in [-0.4, -0.2) is 76.6 Å². The maximum atomic E-state index is 12.7. The molecular weight excluding hydrogens is 741 g/mol. The lowest BCUT2D eigenvalue weighted by atomic mass is 10.0. The van der Waals surface area contributed by atoms with Crippen molar-refractivity contribution in [2.75, 3.05) is 54.1 Å². The van der Waals surface area contributed by atoms with Crippen LogP contribution in [0.4, 0.5) is 0 Å². The Kier molecular flexibility index (Phi) is 33.4. The van der Waals surface area contributed by atoms with E-state index >= 15 is 0 Å². The first-order chi connectivity index (χ1) is 27.5. The summed E-state index contributed by atoms with van der Waals surface area (Å²) >= 11 is 0. The molecule has 2 unspecified atom stereocenters. The van der Waals surface area contributed by atoms with Crippen LogP contribution in [0.3, 0.4) is 0 Å². The van der Waals surface area contributed by atoms with Gasteiger partial charge in [-0.3, -0.25) is 14.2 Å². The standard InChI is InChI=1S/C46H84NO9P/c1-5-6-7-8-9-10-11-13-16-19-22-25-31-36-45(48)53-41-44(42-55-57(50,51)54-40-38-47(2,3)4)56-46(49)37-32-26-23-20-17-14-12-15-18-21-24-27-33-39-52-43-34-29-28-30-35-43/h28-30,34-35,44H,5-27,31-33,36-42H2,1-4H3. The van der Waals surface area contributed by atoms with Crippen LogP contribution in [0.1, 0.15) is 187 Å². The molecule has 0 heterocycles. The van der Waals surface area contributed by atoms with E-state index in [0.717, 1.165) is 57.3 Å². The number of carbonyl (C=O) groups is 2. The maximum absolute atomic E-state index is 12.7. The Hall–Kier alpha value is -1.97. The Balaban J connectivity index is 2.21. The molecular formula is C46H84NO9P. The van der Waals surface area contributed by atoms with Crippen molar-refractivity contribution < 1.29 is 46.8 Å². The minimum Gasteiger partial charge on any atom is -0.756 e. The van der Waals surface area contributed by atoms with Gasteiger partial charge >= 0.3 is 11.9 Å². The topological polar surface area (TPSA) is 120 Å². The van der Waals surface area contributed by atoms with E-state index in [1.165, 1.54) is 116 Å². The molecule has 0 amide bonds. The van der Waals surface area contributed by atoms with Gasteiger partial charge in [0.05, 0.1) is 34.4 Å². The first-order valence-electron chi connectivity index (χ1n) is 22.9. The monoisotopic (exact) mass is 826 g/mol. The summed E-state index contributed by atoms with van der Waals surface area (Å²) in [4.78, 5) is 37.6. The zero-order valence-corrected chi connectivity index (χ0v) is 37.8. The van der Waals surface area contributed by atoms with E-state index in [0.29, 0.717) is 17.4 Å². The van der Waals surface area contributed by atoms with Crippen LogP contribution in [0.15, 0.2) is 30.3 Å². The van der Waals surface area contributed by atoms with E-state index < -0.39 is 26.5 Å². The van der Waals surface area contributed by atoms with E-state index in [9.17, 15) is 19.0 Å². The summed E-state index contributed by atoms with van der Waals surface area (Å²) in [6.07, 6.45) is 30.3. The molecule has 0 aliphatic rings. The molecule has 1 rings (SSSR count). The molecule has 57 heavy (non-hydrogen) atoms. The van der Waals surface area contributed by atoms with Crippen LogP contribution in [0, 0.1) is 0 Å². The van der Waals surface area contributed by atoms with Gasteiger partial charge in [0, 0.05) is 12.8 Å². The summed E-state index contributed by atoms with van der Waals surface area (Å²) < 4.78 is 39.7. The van der Waals surface area contributed by atoms with Gasteiger partial charge in [-0.2, -0.15) is 0 Å². The lowest BCUT2D eigenvalue weighted by molar-refractivity contribution is -0.870. The number of esters is 2. The highest BCUT2D eigenvalue weighted by atomic mass is 31.2. The van der Waals surface area contributed by atoms with Gasteiger partial charge in [-0.05, 0) is 31.4 Å². The second-order valence-corrected chi connectivity index (χ2v) is 18.3. The third-order valence-corrected chi connectivity index (χ3v) is 11.1. The molecule has 0 fully saturated rings. The molecule has 0 aromatic heterocycles. The van der Waals surface area contributed by atoms with Gasteiger partial charge < -0.3 is 32.6 Å². The molecule has 0 aliphatic heterocycles. The third kappa shape index (κ3) is 36.8. The first-order valence-corrected chi connectivity index (χ1v) is 24.4. The largest absolute Gasteiger partial charge is 0.756 e. The summed E-state index contributed by atoms with van der Waals surface area (Å²) in [5, 5.41) is 0. The molecule has 0 aliphatic carbocycles. The lowest BCUT2D eigenvalue weighted by Crippen LogP contribution is -2.37. The van der Waals surface area contributed by atoms with Crippen LogP contribution in [0.5, 0.6) is 5.75 Å². The fraction of sp³-hybridized carbons (Fsp3) is 0.826. The Morgan fingerprint density at radius 3 is 1.49 bits per heavy atom. The zero-order chi connectivity index (χ0) is 41.7. The number of para-hydroxylation sites is 1. The van der Waals surface area contributed by atoms with Gasteiger partial charge in [-0.1, -0.05) is 173 Å². The number of hydrogen-bond donors (Lipinski definition) is 0. The number of carbonyl (C=O) groups excluding carboxylic acids is 2. The predicted octanol–water partition coefficient (Wildman–Crippen LogP) is 11.7. The van der Waals surface area contributed by atoms with Crippen molar-refractivity contribution >= 4 is 19.8 Å². The highest BCUT2D eigenvalue weighted by Crippen LogP contribution is 2.38. The van der Waals surface area contributed by atoms with Gasteiger partial charge in [-0.25, -0.2) is 0 Å². The highest BCUT2D eigenvalue weighted by molar-refractivity contribution is 7.45. The summed E-state index contributed by atoms with van der Waals surface area (Å²) in [6, 6.07) is 10.00. The van der Waals surface area contributed by atoms with Crippen molar-refractivity contribution in [2.24, 2.45) is 0 Å². The van der Waals surface area contributed by atoms with E-state index in [2.05, 4.69) is 6.92 Å². The van der Waals surface area contributed by atoms with Gasteiger partial charge in [0.25, 0.3) is 7.82 Å². The molecule has 1 aromatic rings. The molecule has 0 radical (unpaired) electrons. The Morgan fingerprint density at radius 2 is 1.02 bits per heavy atom. The Bertz CT molecular complexity index is 1130. The lowest BCUT2D eigenvalue weighted by Gasteiger charge is -2.28. The molecule has 0 saturated carbocycles.